The second-order valence-electron chi connectivity index (χ2n) is 19.5. The van der Waals surface area contributed by atoms with Crippen LogP contribution in [-0.4, -0.2) is 57.7 Å². The van der Waals surface area contributed by atoms with Gasteiger partial charge in [0.1, 0.15) is 23.0 Å². The van der Waals surface area contributed by atoms with Crippen LogP contribution in [0.25, 0.3) is 22.3 Å². The Bertz CT molecular complexity index is 3930. The highest BCUT2D eigenvalue weighted by molar-refractivity contribution is 8.01. The molecule has 6 aliphatic heterocycles. The zero-order chi connectivity index (χ0) is 50.4. The van der Waals surface area contributed by atoms with Crippen LogP contribution in [-0.2, 0) is 0 Å². The molecule has 0 aromatic heterocycles. The summed E-state index contributed by atoms with van der Waals surface area (Å²) in [6, 6.07) is 59.2. The van der Waals surface area contributed by atoms with Crippen LogP contribution in [0, 0.1) is 0 Å². The number of hydrogen-bond acceptors (Lipinski definition) is 12. The number of thioether (sulfide) groups is 3. The molecule has 0 amide bonds. The summed E-state index contributed by atoms with van der Waals surface area (Å²) in [6.45, 7) is -0.168. The van der Waals surface area contributed by atoms with Crippen LogP contribution in [0.5, 0.6) is 23.0 Å². The van der Waals surface area contributed by atoms with Crippen molar-refractivity contribution in [3.05, 3.63) is 158 Å². The van der Waals surface area contributed by atoms with Crippen molar-refractivity contribution in [2.75, 3.05) is 55.8 Å². The van der Waals surface area contributed by atoms with Crippen molar-refractivity contribution in [1.29, 1.82) is 0 Å². The molecule has 6 nitrogen and oxygen atoms in total. The standard InChI is InChI=1S/C60H45B3N4O2S6/c1-70-37-23-47-58-56(27-37)68-54-21-35(33-13-9-7-10-14-33)17-19-40(54)61(58)42-29-43-48(31-46(42)64-47)65(73-4)51-24-38(71-2)25-52-59(51)63(43)45-30-44-49(32-50(45)66(52)74-5)67(75-6)53-26-39(72-3)28-57-60(53)62(44)41-20-18-36(22-55(41)69-57)34-15-11-8-12-16-34/h7-32,64H,1-6H3. The highest BCUT2D eigenvalue weighted by atomic mass is 32.2. The second-order valence-corrected chi connectivity index (χ2v) is 24.3. The molecule has 6 aliphatic rings. The molecular weight excluding hydrogens is 1030 g/mol. The lowest BCUT2D eigenvalue weighted by Crippen LogP contribution is -2.65. The summed E-state index contributed by atoms with van der Waals surface area (Å²) in [5.41, 5.74) is 25.5. The maximum absolute atomic E-state index is 7.08. The summed E-state index contributed by atoms with van der Waals surface area (Å²) < 4.78 is 21.6. The predicted molar refractivity (Wildman–Crippen MR) is 336 cm³/mol. The van der Waals surface area contributed by atoms with Crippen LogP contribution < -0.4 is 76.9 Å². The molecule has 0 saturated carbocycles. The molecule has 0 unspecified atom stereocenters. The van der Waals surface area contributed by atoms with E-state index in [1.54, 1.807) is 59.4 Å². The second kappa shape index (κ2) is 17.8. The Morgan fingerprint density at radius 1 is 0.333 bits per heavy atom. The fourth-order valence-electron chi connectivity index (χ4n) is 12.7. The molecule has 362 valence electrons. The van der Waals surface area contributed by atoms with Crippen molar-refractivity contribution < 1.29 is 9.47 Å². The van der Waals surface area contributed by atoms with Gasteiger partial charge in [-0.05, 0) is 187 Å². The van der Waals surface area contributed by atoms with Crippen LogP contribution in [0.2, 0.25) is 0 Å². The average Bonchev–Trinajstić information content (AvgIpc) is 3.46. The zero-order valence-electron chi connectivity index (χ0n) is 41.9. The van der Waals surface area contributed by atoms with Crippen LogP contribution in [0.1, 0.15) is 0 Å². The number of nitrogens with one attached hydrogen (secondary N) is 1. The number of ether oxygens (including phenoxy) is 2. The van der Waals surface area contributed by atoms with E-state index < -0.39 is 0 Å². The Morgan fingerprint density at radius 2 is 0.773 bits per heavy atom. The Hall–Kier alpha value is -5.93. The number of nitrogens with zero attached hydrogens (tertiary/aromatic N) is 3. The van der Waals surface area contributed by atoms with Gasteiger partial charge in [-0.3, -0.25) is 12.9 Å². The molecule has 0 atom stereocenters. The summed E-state index contributed by atoms with van der Waals surface area (Å²) >= 11 is 10.7. The third-order valence-corrected chi connectivity index (χ3v) is 20.3. The minimum Gasteiger partial charge on any atom is -0.458 e. The van der Waals surface area contributed by atoms with Gasteiger partial charge < -0.3 is 14.8 Å². The van der Waals surface area contributed by atoms with E-state index >= 15 is 0 Å². The monoisotopic (exact) mass is 1080 g/mol. The lowest BCUT2D eigenvalue weighted by Gasteiger charge is -2.45. The molecule has 0 fully saturated rings. The maximum atomic E-state index is 7.08. The van der Waals surface area contributed by atoms with Gasteiger partial charge in [-0.2, -0.15) is 0 Å². The molecule has 0 spiro atoms. The lowest BCUT2D eigenvalue weighted by molar-refractivity contribution is 0.486. The van der Waals surface area contributed by atoms with Gasteiger partial charge in [-0.1, -0.05) is 97.1 Å². The minimum atomic E-state index is -0.0694. The van der Waals surface area contributed by atoms with E-state index in [4.69, 9.17) is 9.47 Å². The lowest BCUT2D eigenvalue weighted by atomic mass is 9.29. The van der Waals surface area contributed by atoms with E-state index in [2.05, 4.69) is 213 Å². The predicted octanol–water partition coefficient (Wildman–Crippen LogP) is 11.2. The molecule has 0 saturated heterocycles. The maximum Gasteiger partial charge on any atom is 0.256 e. The molecule has 9 aromatic carbocycles. The quantitative estimate of drug-likeness (QED) is 0.0895. The fraction of sp³-hybridized carbons (Fsp3) is 0.100. The third kappa shape index (κ3) is 6.86. The van der Waals surface area contributed by atoms with Crippen molar-refractivity contribution in [3.63, 3.8) is 0 Å². The molecule has 15 rings (SSSR count). The molecule has 9 aromatic rings. The van der Waals surface area contributed by atoms with Gasteiger partial charge in [0.05, 0.1) is 17.1 Å². The van der Waals surface area contributed by atoms with E-state index in [9.17, 15) is 0 Å². The number of fused-ring (bicyclic) bond motifs is 12. The SMILES string of the molecule is CSc1cc2c3c(c1)Oc1cc(-c4ccccc4)ccc1B3c1cc3c(cc1N2)N(SC)c1cc(SC)cc2c1B3c1cc3c(cc1N2SC)N(SC)c1cc(SC)cc2c1B3c1ccc(-c3ccccc3)cc1O2. The number of anilines is 8. The molecule has 1 N–H and O–H groups in total. The molecule has 15 heteroatoms. The van der Waals surface area contributed by atoms with Gasteiger partial charge in [0.2, 0.25) is 0 Å². The molecule has 0 radical (unpaired) electrons. The summed E-state index contributed by atoms with van der Waals surface area (Å²) in [4.78, 5) is 3.59. The molecular formula is C60H45B3N4O2S6. The Labute approximate surface area is 465 Å². The van der Waals surface area contributed by atoms with Crippen molar-refractivity contribution >= 4 is 186 Å². The van der Waals surface area contributed by atoms with Gasteiger partial charge in [0.15, 0.2) is 0 Å². The summed E-state index contributed by atoms with van der Waals surface area (Å²) in [7, 11) is 0. The third-order valence-electron chi connectivity index (χ3n) is 15.9. The zero-order valence-corrected chi connectivity index (χ0v) is 46.7. The van der Waals surface area contributed by atoms with Crippen LogP contribution >= 0.6 is 71.1 Å². The highest BCUT2D eigenvalue weighted by Crippen LogP contribution is 2.48. The summed E-state index contributed by atoms with van der Waals surface area (Å²) in [6.07, 6.45) is 13.2. The minimum absolute atomic E-state index is 0.0477. The van der Waals surface area contributed by atoms with Crippen molar-refractivity contribution in [2.45, 2.75) is 14.7 Å². The van der Waals surface area contributed by atoms with E-state index in [1.807, 2.05) is 11.8 Å². The van der Waals surface area contributed by atoms with Gasteiger partial charge in [-0.25, -0.2) is 0 Å². The van der Waals surface area contributed by atoms with Crippen molar-refractivity contribution in [1.82, 2.24) is 0 Å². The topological polar surface area (TPSA) is 40.2 Å². The first-order valence-electron chi connectivity index (χ1n) is 24.9. The van der Waals surface area contributed by atoms with Crippen LogP contribution in [0.15, 0.2) is 172 Å². The Morgan fingerprint density at radius 3 is 1.29 bits per heavy atom. The van der Waals surface area contributed by atoms with Gasteiger partial charge in [0.25, 0.3) is 20.1 Å². The molecule has 75 heavy (non-hydrogen) atoms. The largest absolute Gasteiger partial charge is 0.458 e. The van der Waals surface area contributed by atoms with Crippen LogP contribution in [0.4, 0.5) is 45.5 Å². The first-order valence-corrected chi connectivity index (χ1v) is 32.2. The molecule has 0 aliphatic carbocycles. The van der Waals surface area contributed by atoms with Gasteiger partial charge in [0, 0.05) is 61.9 Å². The molecule has 6 heterocycles. The summed E-state index contributed by atoms with van der Waals surface area (Å²) in [5, 5.41) is 4.01. The van der Waals surface area contributed by atoms with E-state index in [0.717, 1.165) is 45.5 Å². The van der Waals surface area contributed by atoms with Crippen molar-refractivity contribution in [3.8, 4) is 45.3 Å². The molecule has 0 bridgehead atoms. The Balaban J connectivity index is 0.980. The smallest absolute Gasteiger partial charge is 0.256 e. The number of hydrogen-bond donors (Lipinski definition) is 1. The van der Waals surface area contributed by atoms with E-state index in [-0.39, 0.29) is 20.1 Å². The fourth-order valence-corrected chi connectivity index (χ4v) is 16.2. The first kappa shape index (κ1) is 46.4. The van der Waals surface area contributed by atoms with E-state index in [1.165, 1.54) is 109 Å². The average molecular weight is 1080 g/mol. The van der Waals surface area contributed by atoms with Crippen LogP contribution in [0.3, 0.4) is 0 Å². The highest BCUT2D eigenvalue weighted by Gasteiger charge is 2.49. The van der Waals surface area contributed by atoms with Crippen molar-refractivity contribution in [2.24, 2.45) is 0 Å². The van der Waals surface area contributed by atoms with Gasteiger partial charge in [-0.15, -0.1) is 35.3 Å². The number of benzene rings is 9. The summed E-state index contributed by atoms with van der Waals surface area (Å²) in [5.74, 6) is 3.67. The van der Waals surface area contributed by atoms with E-state index in [0.29, 0.717) is 0 Å². The number of rotatable bonds is 8. The Kier molecular flexibility index (Phi) is 11.0. The normalized spacial score (nSPS) is 14.2. The first-order chi connectivity index (χ1) is 36.9. The van der Waals surface area contributed by atoms with Gasteiger partial charge >= 0.3 is 0 Å².